The number of amides is 4. The minimum atomic E-state index is -5.64. The van der Waals surface area contributed by atoms with Crippen molar-refractivity contribution in [2.24, 2.45) is 0 Å². The zero-order valence-electron chi connectivity index (χ0n) is 7.90. The summed E-state index contributed by atoms with van der Waals surface area (Å²) in [6, 6.07) is 0. The molecule has 0 aromatic heterocycles. The molecule has 18 heavy (non-hydrogen) atoms. The average molecular weight is 280 g/mol. The van der Waals surface area contributed by atoms with Crippen molar-refractivity contribution >= 4 is 23.9 Å². The molecule has 0 unspecified atom stereocenters. The van der Waals surface area contributed by atoms with Gasteiger partial charge in [-0.25, -0.2) is 4.79 Å². The maximum absolute atomic E-state index is 12.7. The largest absolute Gasteiger partial charge is 0.471 e. The van der Waals surface area contributed by atoms with Gasteiger partial charge in [0.2, 0.25) is 0 Å². The van der Waals surface area contributed by atoms with Gasteiger partial charge >= 0.3 is 36.0 Å². The number of hydrogen-bond donors (Lipinski definition) is 2. The highest BCUT2D eigenvalue weighted by Gasteiger charge is 2.51. The van der Waals surface area contributed by atoms with E-state index >= 15 is 0 Å². The first-order valence-corrected chi connectivity index (χ1v) is 3.70. The molecule has 0 saturated carbocycles. The van der Waals surface area contributed by atoms with E-state index in [0.717, 1.165) is 0 Å². The van der Waals surface area contributed by atoms with E-state index in [-0.39, 0.29) is 5.32 Å². The Morgan fingerprint density at radius 3 is 1.44 bits per heavy atom. The van der Waals surface area contributed by atoms with Crippen LogP contribution in [0.2, 0.25) is 0 Å². The Morgan fingerprint density at radius 2 is 1.11 bits per heavy atom. The first-order chi connectivity index (χ1) is 7.89. The molecule has 0 aliphatic carbocycles. The Bertz CT molecular complexity index is 403. The molecule has 0 atom stereocenters. The summed E-state index contributed by atoms with van der Waals surface area (Å²) in [6.07, 6.45) is -8.40. The van der Waals surface area contributed by atoms with E-state index in [1.807, 2.05) is 0 Å². The van der Waals surface area contributed by atoms with E-state index in [1.54, 1.807) is 0 Å². The van der Waals surface area contributed by atoms with Crippen molar-refractivity contribution in [3.8, 4) is 0 Å². The molecule has 0 aliphatic heterocycles. The van der Waals surface area contributed by atoms with Gasteiger partial charge in [0, 0.05) is 0 Å². The Kier molecular flexibility index (Phi) is 4.42. The molecule has 6 nitrogen and oxygen atoms in total. The Morgan fingerprint density at radius 1 is 0.722 bits per heavy atom. The van der Waals surface area contributed by atoms with Crippen LogP contribution < -0.4 is 10.6 Å². The fourth-order valence-corrected chi connectivity index (χ4v) is 0.523. The van der Waals surface area contributed by atoms with Crippen molar-refractivity contribution in [2.45, 2.75) is 12.1 Å². The van der Waals surface area contributed by atoms with Gasteiger partial charge in [0.15, 0.2) is 0 Å². The number of nitrogens with one attached hydrogen (secondary N) is 2. The molecular weight excluding hydrogens is 278 g/mol. The second-order valence-corrected chi connectivity index (χ2v) is 2.58. The third-order valence-electron chi connectivity index (χ3n) is 1.27. The lowest BCUT2D eigenvalue weighted by Crippen LogP contribution is -2.55. The summed E-state index contributed by atoms with van der Waals surface area (Å²) < 4.78 is 71.6. The summed E-state index contributed by atoms with van der Waals surface area (Å²) in [5.41, 5.74) is 0. The van der Waals surface area contributed by atoms with Crippen molar-refractivity contribution in [3.05, 3.63) is 0 Å². The van der Waals surface area contributed by atoms with E-state index in [0.29, 0.717) is 5.32 Å². The van der Waals surface area contributed by atoms with Gasteiger partial charge in [-0.2, -0.15) is 22.0 Å². The van der Waals surface area contributed by atoms with Crippen molar-refractivity contribution in [3.63, 3.8) is 0 Å². The molecule has 0 spiro atoms. The van der Waals surface area contributed by atoms with Crippen LogP contribution in [-0.4, -0.2) is 36.0 Å². The monoisotopic (exact) mass is 280 g/mol. The minimum Gasteiger partial charge on any atom is -0.283 e. The summed E-state index contributed by atoms with van der Waals surface area (Å²) in [7, 11) is 0. The molecular formula is C6H2F6N2O4. The second-order valence-electron chi connectivity index (χ2n) is 2.58. The quantitative estimate of drug-likeness (QED) is 0.323. The Balaban J connectivity index is 4.82. The second kappa shape index (κ2) is 5.01. The van der Waals surface area contributed by atoms with Crippen molar-refractivity contribution < 1.29 is 45.5 Å². The average Bonchev–Trinajstić information content (AvgIpc) is 2.14. The molecule has 0 aliphatic rings. The summed E-state index contributed by atoms with van der Waals surface area (Å²) in [5, 5.41) is 0.495. The van der Waals surface area contributed by atoms with Crippen LogP contribution in [0.25, 0.3) is 0 Å². The molecule has 0 bridgehead atoms. The number of imide groups is 2. The standard InChI is InChI=1S/C6H2F6N2O4/c7-4(18)14-2(16)5(8,9)1(15)13-3(17)6(10,11)12/h(H,13,15,17)(H,14,16,18). The number of alkyl halides is 5. The van der Waals surface area contributed by atoms with Gasteiger partial charge in [-0.15, -0.1) is 4.39 Å². The summed E-state index contributed by atoms with van der Waals surface area (Å²) in [6.45, 7) is 0. The fraction of sp³-hybridized carbons (Fsp3) is 0.333. The van der Waals surface area contributed by atoms with Gasteiger partial charge in [-0.1, -0.05) is 0 Å². The first kappa shape index (κ1) is 15.9. The van der Waals surface area contributed by atoms with Crippen LogP contribution in [0.15, 0.2) is 0 Å². The van der Waals surface area contributed by atoms with E-state index in [9.17, 15) is 45.5 Å². The van der Waals surface area contributed by atoms with Gasteiger partial charge in [0.05, 0.1) is 0 Å². The topological polar surface area (TPSA) is 92.3 Å². The number of rotatable bonds is 2. The molecule has 0 radical (unpaired) electrons. The number of carbonyl (C=O) groups is 4. The summed E-state index contributed by atoms with van der Waals surface area (Å²) in [4.78, 5) is 40.5. The zero-order valence-corrected chi connectivity index (χ0v) is 7.90. The molecule has 102 valence electrons. The Hall–Kier alpha value is -2.14. The summed E-state index contributed by atoms with van der Waals surface area (Å²) >= 11 is 0. The lowest BCUT2D eigenvalue weighted by atomic mass is 10.3. The number of hydrogen-bond acceptors (Lipinski definition) is 4. The Labute approximate surface area is 93.3 Å². The molecule has 0 rings (SSSR count). The molecule has 4 amide bonds. The highest BCUT2D eigenvalue weighted by Crippen LogP contribution is 2.17. The normalized spacial score (nSPS) is 11.7. The van der Waals surface area contributed by atoms with Gasteiger partial charge < -0.3 is 0 Å². The fourth-order valence-electron chi connectivity index (χ4n) is 0.523. The molecule has 0 fully saturated rings. The van der Waals surface area contributed by atoms with Crippen molar-refractivity contribution in [1.29, 1.82) is 0 Å². The predicted molar refractivity (Wildman–Crippen MR) is 38.8 cm³/mol. The van der Waals surface area contributed by atoms with Crippen LogP contribution in [-0.2, 0) is 14.4 Å². The van der Waals surface area contributed by atoms with Crippen LogP contribution >= 0.6 is 0 Å². The minimum absolute atomic E-state index is 0.167. The van der Waals surface area contributed by atoms with E-state index < -0.39 is 36.0 Å². The van der Waals surface area contributed by atoms with E-state index in [2.05, 4.69) is 0 Å². The lowest BCUT2D eigenvalue weighted by Gasteiger charge is -2.13. The highest BCUT2D eigenvalue weighted by atomic mass is 19.4. The predicted octanol–water partition coefficient (Wildman–Crippen LogP) is 0.0325. The maximum Gasteiger partial charge on any atom is 0.471 e. The molecule has 0 heterocycles. The van der Waals surface area contributed by atoms with Crippen molar-refractivity contribution in [2.75, 3.05) is 0 Å². The smallest absolute Gasteiger partial charge is 0.283 e. The van der Waals surface area contributed by atoms with Gasteiger partial charge in [-0.05, 0) is 0 Å². The third kappa shape index (κ3) is 4.03. The summed E-state index contributed by atoms with van der Waals surface area (Å²) in [5.74, 6) is -14.1. The molecule has 0 aromatic rings. The van der Waals surface area contributed by atoms with Crippen LogP contribution in [0.4, 0.5) is 31.1 Å². The number of carbonyl (C=O) groups excluding carboxylic acids is 4. The van der Waals surface area contributed by atoms with E-state index in [4.69, 9.17) is 0 Å². The number of halogens is 6. The molecule has 0 aromatic carbocycles. The molecule has 12 heteroatoms. The van der Waals surface area contributed by atoms with Crippen molar-refractivity contribution in [1.82, 2.24) is 10.6 Å². The van der Waals surface area contributed by atoms with Crippen LogP contribution in [0, 0.1) is 0 Å². The molecule has 2 N–H and O–H groups in total. The van der Waals surface area contributed by atoms with Gasteiger partial charge in [-0.3, -0.25) is 25.0 Å². The maximum atomic E-state index is 12.7. The van der Waals surface area contributed by atoms with Gasteiger partial charge in [0.25, 0.3) is 0 Å². The van der Waals surface area contributed by atoms with Crippen LogP contribution in [0.1, 0.15) is 0 Å². The molecule has 0 saturated heterocycles. The van der Waals surface area contributed by atoms with Crippen LogP contribution in [0.5, 0.6) is 0 Å². The SMILES string of the molecule is O=C(F)NC(=O)C(F)(F)C(=O)NC(=O)C(F)(F)F. The lowest BCUT2D eigenvalue weighted by molar-refractivity contribution is -0.178. The third-order valence-corrected chi connectivity index (χ3v) is 1.27. The van der Waals surface area contributed by atoms with Gasteiger partial charge in [0.1, 0.15) is 0 Å². The van der Waals surface area contributed by atoms with E-state index in [1.165, 1.54) is 0 Å². The highest BCUT2D eigenvalue weighted by molar-refractivity contribution is 6.14. The van der Waals surface area contributed by atoms with Crippen LogP contribution in [0.3, 0.4) is 0 Å². The zero-order chi connectivity index (χ0) is 14.7. The first-order valence-electron chi connectivity index (χ1n) is 3.70.